The van der Waals surface area contributed by atoms with Crippen molar-refractivity contribution < 1.29 is 9.90 Å². The molecule has 5 heteroatoms. The van der Waals surface area contributed by atoms with Crippen LogP contribution in [0.25, 0.3) is 0 Å². The van der Waals surface area contributed by atoms with E-state index in [4.69, 9.17) is 0 Å². The topological polar surface area (TPSA) is 55.1 Å². The number of carbonyl (C=O) groups is 1. The molecule has 0 saturated heterocycles. The monoisotopic (exact) mass is 314 g/mol. The molecule has 1 heterocycles. The van der Waals surface area contributed by atoms with Gasteiger partial charge in [-0.15, -0.1) is 0 Å². The summed E-state index contributed by atoms with van der Waals surface area (Å²) in [7, 11) is 0. The van der Waals surface area contributed by atoms with Crippen molar-refractivity contribution in [1.82, 2.24) is 9.78 Å². The Hall–Kier alpha value is -0.840. The van der Waals surface area contributed by atoms with Crippen LogP contribution in [-0.2, 0) is 5.41 Å². The van der Waals surface area contributed by atoms with E-state index in [0.29, 0.717) is 6.04 Å². The Morgan fingerprint density at radius 2 is 1.94 bits per heavy atom. The molecular weight excluding hydrogens is 296 g/mol. The van der Waals surface area contributed by atoms with E-state index in [-0.39, 0.29) is 11.1 Å². The highest BCUT2D eigenvalue weighted by molar-refractivity contribution is 9.10. The average Bonchev–Trinajstić information content (AvgIpc) is 2.81. The zero-order valence-corrected chi connectivity index (χ0v) is 12.6. The molecule has 4 nitrogen and oxygen atoms in total. The van der Waals surface area contributed by atoms with Crippen molar-refractivity contribution in [1.29, 1.82) is 0 Å². The van der Waals surface area contributed by atoms with Crippen LogP contribution in [0.1, 0.15) is 68.5 Å². The molecule has 1 fully saturated rings. The molecule has 0 spiro atoms. The number of aromatic carboxylic acids is 1. The molecule has 1 aliphatic rings. The van der Waals surface area contributed by atoms with Crippen LogP contribution < -0.4 is 0 Å². The summed E-state index contributed by atoms with van der Waals surface area (Å²) in [5, 5.41) is 13.6. The molecule has 18 heavy (non-hydrogen) atoms. The van der Waals surface area contributed by atoms with Crippen LogP contribution in [-0.4, -0.2) is 20.9 Å². The Labute approximate surface area is 116 Å². The minimum Gasteiger partial charge on any atom is -0.476 e. The first-order valence-electron chi connectivity index (χ1n) is 6.34. The molecule has 1 N–H and O–H groups in total. The van der Waals surface area contributed by atoms with Gasteiger partial charge in [-0.3, -0.25) is 4.68 Å². The van der Waals surface area contributed by atoms with Crippen molar-refractivity contribution in [2.24, 2.45) is 0 Å². The third kappa shape index (κ3) is 2.32. The molecule has 0 atom stereocenters. The Morgan fingerprint density at radius 1 is 1.39 bits per heavy atom. The van der Waals surface area contributed by atoms with Crippen LogP contribution in [0.15, 0.2) is 4.60 Å². The van der Waals surface area contributed by atoms with E-state index >= 15 is 0 Å². The smallest absolute Gasteiger partial charge is 0.356 e. The Kier molecular flexibility index (Phi) is 3.54. The fourth-order valence-electron chi connectivity index (χ4n) is 2.62. The van der Waals surface area contributed by atoms with Crippen molar-refractivity contribution >= 4 is 21.9 Å². The van der Waals surface area contributed by atoms with E-state index in [1.165, 1.54) is 12.8 Å². The second-order valence-electron chi connectivity index (χ2n) is 5.95. The van der Waals surface area contributed by atoms with Crippen molar-refractivity contribution in [2.45, 2.75) is 57.9 Å². The number of carboxylic acids is 1. The van der Waals surface area contributed by atoms with Crippen molar-refractivity contribution in [2.75, 3.05) is 0 Å². The summed E-state index contributed by atoms with van der Waals surface area (Å²) in [5.74, 6) is -0.947. The van der Waals surface area contributed by atoms with Gasteiger partial charge in [-0.25, -0.2) is 4.79 Å². The summed E-state index contributed by atoms with van der Waals surface area (Å²) in [5.41, 5.74) is 0.742. The van der Waals surface area contributed by atoms with Gasteiger partial charge in [-0.1, -0.05) is 33.6 Å². The van der Waals surface area contributed by atoms with Gasteiger partial charge in [-0.2, -0.15) is 5.10 Å². The number of halogens is 1. The lowest BCUT2D eigenvalue weighted by molar-refractivity contribution is 0.0686. The predicted molar refractivity (Wildman–Crippen MR) is 73.1 cm³/mol. The highest BCUT2D eigenvalue weighted by Crippen LogP contribution is 2.38. The zero-order chi connectivity index (χ0) is 13.5. The lowest BCUT2D eigenvalue weighted by Crippen LogP contribution is -2.16. The van der Waals surface area contributed by atoms with Crippen LogP contribution in [0, 0.1) is 0 Å². The van der Waals surface area contributed by atoms with E-state index in [2.05, 4.69) is 21.0 Å². The zero-order valence-electron chi connectivity index (χ0n) is 11.0. The number of aromatic nitrogens is 2. The average molecular weight is 315 g/mol. The largest absolute Gasteiger partial charge is 0.476 e. The van der Waals surface area contributed by atoms with E-state index in [1.54, 1.807) is 0 Å². The van der Waals surface area contributed by atoms with Gasteiger partial charge >= 0.3 is 5.97 Å². The van der Waals surface area contributed by atoms with Crippen molar-refractivity contribution in [3.63, 3.8) is 0 Å². The molecule has 0 radical (unpaired) electrons. The lowest BCUT2D eigenvalue weighted by Gasteiger charge is -2.19. The van der Waals surface area contributed by atoms with Crippen molar-refractivity contribution in [3.05, 3.63) is 15.9 Å². The minimum absolute atomic E-state index is 0.182. The molecule has 1 aromatic rings. The van der Waals surface area contributed by atoms with Crippen molar-refractivity contribution in [3.8, 4) is 0 Å². The van der Waals surface area contributed by atoms with Gasteiger partial charge in [-0.05, 0) is 34.2 Å². The van der Waals surface area contributed by atoms with Gasteiger partial charge in [0.25, 0.3) is 0 Å². The third-order valence-electron chi connectivity index (χ3n) is 3.48. The second kappa shape index (κ2) is 4.68. The Morgan fingerprint density at radius 3 is 2.33 bits per heavy atom. The number of carboxylic acid groups (broad SMARTS) is 1. The molecule has 0 aromatic carbocycles. The molecule has 1 saturated carbocycles. The van der Waals surface area contributed by atoms with Gasteiger partial charge in [0, 0.05) is 5.56 Å². The molecule has 0 aliphatic heterocycles. The molecular formula is C13H19BrN2O2. The second-order valence-corrected chi connectivity index (χ2v) is 6.70. The van der Waals surface area contributed by atoms with Gasteiger partial charge in [0.15, 0.2) is 5.69 Å². The maximum Gasteiger partial charge on any atom is 0.356 e. The summed E-state index contributed by atoms with van der Waals surface area (Å²) >= 11 is 3.55. The molecule has 100 valence electrons. The molecule has 0 unspecified atom stereocenters. The van der Waals surface area contributed by atoms with Crippen LogP contribution >= 0.6 is 15.9 Å². The maximum atomic E-state index is 11.4. The van der Waals surface area contributed by atoms with Gasteiger partial charge in [0.1, 0.15) is 4.60 Å². The van der Waals surface area contributed by atoms with E-state index in [9.17, 15) is 9.90 Å². The lowest BCUT2D eigenvalue weighted by atomic mass is 9.87. The van der Waals surface area contributed by atoms with E-state index in [0.717, 1.165) is 23.0 Å². The fraction of sp³-hybridized carbons (Fsp3) is 0.692. The summed E-state index contributed by atoms with van der Waals surface area (Å²) in [6.07, 6.45) is 4.57. The Balaban J connectivity index is 2.54. The highest BCUT2D eigenvalue weighted by Gasteiger charge is 2.32. The van der Waals surface area contributed by atoms with Crippen LogP contribution in [0.2, 0.25) is 0 Å². The first-order valence-corrected chi connectivity index (χ1v) is 7.13. The standard InChI is InChI=1S/C13H19BrN2O2/c1-13(2,3)9-10(12(17)18)15-16(11(9)14)8-6-4-5-7-8/h8H,4-7H2,1-3H3,(H,17,18). The summed E-state index contributed by atoms with van der Waals surface area (Å²) in [6.45, 7) is 6.04. The summed E-state index contributed by atoms with van der Waals surface area (Å²) < 4.78 is 2.70. The first kappa shape index (κ1) is 13.6. The minimum atomic E-state index is -0.947. The molecule has 1 aliphatic carbocycles. The maximum absolute atomic E-state index is 11.4. The predicted octanol–water partition coefficient (Wildman–Crippen LogP) is 3.76. The van der Waals surface area contributed by atoms with Gasteiger partial charge < -0.3 is 5.11 Å². The molecule has 0 bridgehead atoms. The number of hydrogen-bond acceptors (Lipinski definition) is 2. The summed E-state index contributed by atoms with van der Waals surface area (Å²) in [6, 6.07) is 0.341. The number of rotatable bonds is 2. The molecule has 2 rings (SSSR count). The van der Waals surface area contributed by atoms with Gasteiger partial charge in [0.05, 0.1) is 6.04 Å². The molecule has 0 amide bonds. The highest BCUT2D eigenvalue weighted by atomic mass is 79.9. The van der Waals surface area contributed by atoms with Crippen LogP contribution in [0.4, 0.5) is 0 Å². The third-order valence-corrected chi connectivity index (χ3v) is 4.23. The van der Waals surface area contributed by atoms with Crippen LogP contribution in [0.5, 0.6) is 0 Å². The Bertz CT molecular complexity index is 468. The number of nitrogens with zero attached hydrogens (tertiary/aromatic N) is 2. The van der Waals surface area contributed by atoms with Gasteiger partial charge in [0.2, 0.25) is 0 Å². The summed E-state index contributed by atoms with van der Waals surface area (Å²) in [4.78, 5) is 11.4. The van der Waals surface area contributed by atoms with Crippen LogP contribution in [0.3, 0.4) is 0 Å². The normalized spacial score (nSPS) is 17.3. The fourth-order valence-corrected chi connectivity index (χ4v) is 3.77. The van der Waals surface area contributed by atoms with E-state index in [1.807, 2.05) is 25.5 Å². The van der Waals surface area contributed by atoms with E-state index < -0.39 is 5.97 Å². The molecule has 1 aromatic heterocycles. The number of hydrogen-bond donors (Lipinski definition) is 1. The quantitative estimate of drug-likeness (QED) is 0.904. The SMILES string of the molecule is CC(C)(C)c1c(C(=O)O)nn(C2CCCC2)c1Br. The first-order chi connectivity index (χ1) is 8.32.